The lowest BCUT2D eigenvalue weighted by atomic mass is 10.2. The van der Waals surface area contributed by atoms with E-state index >= 15 is 0 Å². The lowest BCUT2D eigenvalue weighted by Gasteiger charge is -2.24. The van der Waals surface area contributed by atoms with E-state index in [4.69, 9.17) is 18.0 Å². The SMILES string of the molecule is CC(C)CN1CCCC1C(N)=S. The van der Waals surface area contributed by atoms with Crippen molar-refractivity contribution in [1.82, 2.24) is 4.90 Å². The Balaban J connectivity index is 2.46. The predicted octanol–water partition coefficient (Wildman–Crippen LogP) is 1.39. The molecule has 1 aliphatic rings. The van der Waals surface area contributed by atoms with Crippen LogP contribution in [0.5, 0.6) is 0 Å². The zero-order chi connectivity index (χ0) is 9.14. The summed E-state index contributed by atoms with van der Waals surface area (Å²) < 4.78 is 0. The molecule has 0 aliphatic carbocycles. The summed E-state index contributed by atoms with van der Waals surface area (Å²) in [5.74, 6) is 0.708. The minimum absolute atomic E-state index is 0.377. The van der Waals surface area contributed by atoms with Crippen LogP contribution >= 0.6 is 12.2 Å². The standard InChI is InChI=1S/C9H18N2S/c1-7(2)6-11-5-3-4-8(11)9(10)12/h7-8H,3-6H2,1-2H3,(H2,10,12). The van der Waals surface area contributed by atoms with E-state index in [1.807, 2.05) is 0 Å². The zero-order valence-corrected chi connectivity index (χ0v) is 8.73. The summed E-state index contributed by atoms with van der Waals surface area (Å²) in [7, 11) is 0. The number of nitrogens with zero attached hydrogens (tertiary/aromatic N) is 1. The molecule has 1 atom stereocenters. The predicted molar refractivity (Wildman–Crippen MR) is 56.2 cm³/mol. The quantitative estimate of drug-likeness (QED) is 0.675. The monoisotopic (exact) mass is 186 g/mol. The van der Waals surface area contributed by atoms with Gasteiger partial charge in [0, 0.05) is 6.54 Å². The second-order valence-corrected chi connectivity index (χ2v) is 4.42. The van der Waals surface area contributed by atoms with Crippen LogP contribution in [0.15, 0.2) is 0 Å². The average Bonchev–Trinajstić information content (AvgIpc) is 2.33. The summed E-state index contributed by atoms with van der Waals surface area (Å²) in [4.78, 5) is 3.08. The van der Waals surface area contributed by atoms with Crippen molar-refractivity contribution in [2.45, 2.75) is 32.7 Å². The Morgan fingerprint density at radius 1 is 1.67 bits per heavy atom. The highest BCUT2D eigenvalue weighted by Crippen LogP contribution is 2.18. The summed E-state index contributed by atoms with van der Waals surface area (Å²) in [6, 6.07) is 0.377. The van der Waals surface area contributed by atoms with Gasteiger partial charge in [-0.15, -0.1) is 0 Å². The van der Waals surface area contributed by atoms with E-state index in [2.05, 4.69) is 18.7 Å². The Bertz CT molecular complexity index is 168. The largest absolute Gasteiger partial charge is 0.392 e. The van der Waals surface area contributed by atoms with Crippen LogP contribution in [0.2, 0.25) is 0 Å². The summed E-state index contributed by atoms with van der Waals surface area (Å²) >= 11 is 5.02. The van der Waals surface area contributed by atoms with Crippen molar-refractivity contribution < 1.29 is 0 Å². The molecular weight excluding hydrogens is 168 g/mol. The van der Waals surface area contributed by atoms with E-state index in [1.54, 1.807) is 0 Å². The van der Waals surface area contributed by atoms with Gasteiger partial charge in [-0.25, -0.2) is 0 Å². The van der Waals surface area contributed by atoms with E-state index < -0.39 is 0 Å². The van der Waals surface area contributed by atoms with Crippen molar-refractivity contribution in [3.05, 3.63) is 0 Å². The zero-order valence-electron chi connectivity index (χ0n) is 7.92. The molecule has 0 aromatic rings. The van der Waals surface area contributed by atoms with E-state index in [0.29, 0.717) is 16.9 Å². The van der Waals surface area contributed by atoms with E-state index in [9.17, 15) is 0 Å². The Labute approximate surface area is 80.1 Å². The van der Waals surface area contributed by atoms with Gasteiger partial charge in [-0.2, -0.15) is 0 Å². The van der Waals surface area contributed by atoms with Gasteiger partial charge in [0.1, 0.15) is 0 Å². The van der Waals surface area contributed by atoms with Gasteiger partial charge in [0.2, 0.25) is 0 Å². The summed E-state index contributed by atoms with van der Waals surface area (Å²) in [5.41, 5.74) is 5.65. The van der Waals surface area contributed by atoms with E-state index in [1.165, 1.54) is 13.0 Å². The molecule has 0 aromatic heterocycles. The summed E-state index contributed by atoms with van der Waals surface area (Å²) in [6.07, 6.45) is 2.40. The molecule has 3 heteroatoms. The molecule has 0 radical (unpaired) electrons. The van der Waals surface area contributed by atoms with Crippen LogP contribution in [0.1, 0.15) is 26.7 Å². The average molecular weight is 186 g/mol. The molecule has 0 spiro atoms. The third kappa shape index (κ3) is 2.42. The maximum absolute atomic E-state index is 5.65. The molecule has 1 unspecified atom stereocenters. The maximum atomic E-state index is 5.65. The molecule has 2 nitrogen and oxygen atoms in total. The Kier molecular flexibility index (Phi) is 3.47. The van der Waals surface area contributed by atoms with Crippen LogP contribution in [-0.4, -0.2) is 29.0 Å². The Morgan fingerprint density at radius 3 is 2.83 bits per heavy atom. The normalized spacial score (nSPS) is 25.1. The minimum atomic E-state index is 0.377. The number of nitrogens with two attached hydrogens (primary N) is 1. The summed E-state index contributed by atoms with van der Waals surface area (Å²) in [6.45, 7) is 6.76. The highest BCUT2D eigenvalue weighted by molar-refractivity contribution is 7.80. The second kappa shape index (κ2) is 4.19. The number of likely N-dealkylation sites (tertiary alicyclic amines) is 1. The lowest BCUT2D eigenvalue weighted by Crippen LogP contribution is -2.40. The molecule has 0 saturated carbocycles. The van der Waals surface area contributed by atoms with Crippen LogP contribution in [0.3, 0.4) is 0 Å². The fourth-order valence-corrected chi connectivity index (χ4v) is 2.10. The molecule has 2 N–H and O–H groups in total. The second-order valence-electron chi connectivity index (χ2n) is 3.95. The first-order valence-electron chi connectivity index (χ1n) is 4.64. The van der Waals surface area contributed by atoms with Crippen LogP contribution in [-0.2, 0) is 0 Å². The van der Waals surface area contributed by atoms with Gasteiger partial charge >= 0.3 is 0 Å². The molecule has 1 saturated heterocycles. The van der Waals surface area contributed by atoms with Crippen molar-refractivity contribution in [1.29, 1.82) is 0 Å². The van der Waals surface area contributed by atoms with Gasteiger partial charge in [0.15, 0.2) is 0 Å². The molecule has 0 amide bonds. The molecule has 1 rings (SSSR count). The van der Waals surface area contributed by atoms with Crippen LogP contribution in [0.25, 0.3) is 0 Å². The smallest absolute Gasteiger partial charge is 0.0902 e. The number of hydrogen-bond donors (Lipinski definition) is 1. The van der Waals surface area contributed by atoms with Gasteiger partial charge in [-0.05, 0) is 25.3 Å². The Hall–Kier alpha value is -0.150. The summed E-state index contributed by atoms with van der Waals surface area (Å²) in [5, 5.41) is 0. The third-order valence-corrected chi connectivity index (χ3v) is 2.56. The lowest BCUT2D eigenvalue weighted by molar-refractivity contribution is 0.268. The van der Waals surface area contributed by atoms with Gasteiger partial charge in [-0.1, -0.05) is 26.1 Å². The number of rotatable bonds is 3. The van der Waals surface area contributed by atoms with Crippen molar-refractivity contribution in [2.24, 2.45) is 11.7 Å². The highest BCUT2D eigenvalue weighted by atomic mass is 32.1. The Morgan fingerprint density at radius 2 is 2.33 bits per heavy atom. The first-order chi connectivity index (χ1) is 5.61. The molecule has 0 aromatic carbocycles. The van der Waals surface area contributed by atoms with E-state index in [0.717, 1.165) is 13.0 Å². The first kappa shape index (κ1) is 9.93. The fraction of sp³-hybridized carbons (Fsp3) is 0.889. The molecule has 1 aliphatic heterocycles. The third-order valence-electron chi connectivity index (χ3n) is 2.29. The number of hydrogen-bond acceptors (Lipinski definition) is 2. The minimum Gasteiger partial charge on any atom is -0.392 e. The molecule has 0 bridgehead atoms. The van der Waals surface area contributed by atoms with Crippen LogP contribution in [0, 0.1) is 5.92 Å². The maximum Gasteiger partial charge on any atom is 0.0902 e. The first-order valence-corrected chi connectivity index (χ1v) is 5.05. The molecule has 1 heterocycles. The molecule has 70 valence electrons. The van der Waals surface area contributed by atoms with Gasteiger partial charge in [0.05, 0.1) is 11.0 Å². The number of thiocarbonyl (C=S) groups is 1. The van der Waals surface area contributed by atoms with Crippen molar-refractivity contribution >= 4 is 17.2 Å². The van der Waals surface area contributed by atoms with Crippen molar-refractivity contribution in [3.8, 4) is 0 Å². The van der Waals surface area contributed by atoms with Gasteiger partial charge in [0.25, 0.3) is 0 Å². The van der Waals surface area contributed by atoms with Gasteiger partial charge < -0.3 is 5.73 Å². The van der Waals surface area contributed by atoms with E-state index in [-0.39, 0.29) is 0 Å². The fourth-order valence-electron chi connectivity index (χ4n) is 1.84. The van der Waals surface area contributed by atoms with Gasteiger partial charge in [-0.3, -0.25) is 4.90 Å². The molecule has 1 fully saturated rings. The van der Waals surface area contributed by atoms with Crippen LogP contribution in [0.4, 0.5) is 0 Å². The molecule has 12 heavy (non-hydrogen) atoms. The van der Waals surface area contributed by atoms with Crippen molar-refractivity contribution in [3.63, 3.8) is 0 Å². The highest BCUT2D eigenvalue weighted by Gasteiger charge is 2.26. The van der Waals surface area contributed by atoms with Crippen molar-refractivity contribution in [2.75, 3.05) is 13.1 Å². The molecular formula is C9H18N2S. The van der Waals surface area contributed by atoms with Crippen LogP contribution < -0.4 is 5.73 Å². The topological polar surface area (TPSA) is 29.3 Å².